The molecule has 0 saturated heterocycles. The van der Waals surface area contributed by atoms with Crippen LogP contribution in [0.4, 0.5) is 15.8 Å². The van der Waals surface area contributed by atoms with Crippen LogP contribution in [0.1, 0.15) is 0 Å². The molecule has 8 heteroatoms. The van der Waals surface area contributed by atoms with E-state index in [2.05, 4.69) is 10.3 Å². The third-order valence-corrected chi connectivity index (χ3v) is 4.30. The van der Waals surface area contributed by atoms with Gasteiger partial charge in [0.05, 0.1) is 22.5 Å². The fourth-order valence-corrected chi connectivity index (χ4v) is 2.93. The number of sulfone groups is 1. The number of nitrogens with zero attached hydrogens (tertiary/aromatic N) is 1. The molecule has 110 valence electrons. The molecule has 0 aliphatic carbocycles. The number of aromatic nitrogens is 1. The monoisotopic (exact) mass is 309 g/mol. The number of hydrogen-bond donors (Lipinski definition) is 2. The van der Waals surface area contributed by atoms with Crippen molar-refractivity contribution < 1.29 is 17.6 Å². The molecule has 1 heterocycles. The van der Waals surface area contributed by atoms with Gasteiger partial charge >= 0.3 is 0 Å². The molecule has 0 aliphatic heterocycles. The Kier molecular flexibility index (Phi) is 4.18. The second-order valence-electron chi connectivity index (χ2n) is 4.20. The Hall–Kier alpha value is -2.48. The highest BCUT2D eigenvalue weighted by molar-refractivity contribution is 7.92. The van der Waals surface area contributed by atoms with Gasteiger partial charge in [-0.1, -0.05) is 12.1 Å². The molecule has 1 amide bonds. The van der Waals surface area contributed by atoms with Crippen molar-refractivity contribution in [3.63, 3.8) is 0 Å². The maximum atomic E-state index is 13.4. The second kappa shape index (κ2) is 5.88. The third kappa shape index (κ3) is 3.54. The molecule has 21 heavy (non-hydrogen) atoms. The fraction of sp³-hybridized carbons (Fsp3) is 0.0769. The van der Waals surface area contributed by atoms with Gasteiger partial charge in [-0.25, -0.2) is 12.8 Å². The molecule has 0 atom stereocenters. The Labute approximate surface area is 120 Å². The van der Waals surface area contributed by atoms with Crippen LogP contribution in [0.5, 0.6) is 0 Å². The van der Waals surface area contributed by atoms with Crippen molar-refractivity contribution in [3.05, 3.63) is 48.5 Å². The first-order chi connectivity index (χ1) is 9.90. The minimum absolute atomic E-state index is 0.0452. The normalized spacial score (nSPS) is 11.1. The van der Waals surface area contributed by atoms with E-state index in [0.29, 0.717) is 0 Å². The Balaban J connectivity index is 2.16. The maximum absolute atomic E-state index is 13.4. The van der Waals surface area contributed by atoms with E-state index in [4.69, 9.17) is 5.73 Å². The van der Waals surface area contributed by atoms with Crippen LogP contribution in [-0.4, -0.2) is 25.1 Å². The van der Waals surface area contributed by atoms with Crippen LogP contribution >= 0.6 is 0 Å². The number of carbonyl (C=O) groups excluding carboxylic acids is 1. The van der Waals surface area contributed by atoms with Gasteiger partial charge in [-0.2, -0.15) is 0 Å². The largest absolute Gasteiger partial charge is 0.396 e. The Morgan fingerprint density at radius 3 is 2.67 bits per heavy atom. The lowest BCUT2D eigenvalue weighted by atomic mass is 10.3. The van der Waals surface area contributed by atoms with Crippen LogP contribution < -0.4 is 11.1 Å². The maximum Gasteiger partial charge on any atom is 0.240 e. The Morgan fingerprint density at radius 1 is 1.29 bits per heavy atom. The summed E-state index contributed by atoms with van der Waals surface area (Å²) in [5, 5.41) is 2.21. The van der Waals surface area contributed by atoms with Crippen LogP contribution in [0.2, 0.25) is 0 Å². The Morgan fingerprint density at radius 2 is 2.00 bits per heavy atom. The number of halogens is 1. The third-order valence-electron chi connectivity index (χ3n) is 2.61. The first-order valence-corrected chi connectivity index (χ1v) is 7.52. The summed E-state index contributed by atoms with van der Waals surface area (Å²) in [5.41, 5.74) is 5.40. The lowest BCUT2D eigenvalue weighted by molar-refractivity contribution is -0.113. The fourth-order valence-electron chi connectivity index (χ4n) is 1.68. The second-order valence-corrected chi connectivity index (χ2v) is 6.16. The average Bonchev–Trinajstić information content (AvgIpc) is 2.41. The number of amides is 1. The predicted octanol–water partition coefficient (Wildman–Crippen LogP) is 1.22. The summed E-state index contributed by atoms with van der Waals surface area (Å²) in [6.07, 6.45) is 2.44. The summed E-state index contributed by atoms with van der Waals surface area (Å²) < 4.78 is 37.5. The highest BCUT2D eigenvalue weighted by Crippen LogP contribution is 2.18. The zero-order valence-corrected chi connectivity index (χ0v) is 11.6. The lowest BCUT2D eigenvalue weighted by Crippen LogP contribution is -2.24. The van der Waals surface area contributed by atoms with Gasteiger partial charge in [-0.15, -0.1) is 0 Å². The standard InChI is InChI=1S/C13H12FN3O3S/c14-9-3-1-2-4-11(9)17-13(18)8-21(19,20)12-5-6-16-7-10(12)15/h1-7H,8,15H2,(H,17,18). The molecule has 6 nitrogen and oxygen atoms in total. The molecule has 0 saturated carbocycles. The number of nitrogens with one attached hydrogen (secondary N) is 1. The zero-order valence-electron chi connectivity index (χ0n) is 10.8. The van der Waals surface area contributed by atoms with E-state index in [9.17, 15) is 17.6 Å². The summed E-state index contributed by atoms with van der Waals surface area (Å²) in [5.74, 6) is -2.33. The molecule has 0 bridgehead atoms. The van der Waals surface area contributed by atoms with E-state index in [1.807, 2.05) is 0 Å². The number of para-hydroxylation sites is 1. The van der Waals surface area contributed by atoms with Gasteiger partial charge < -0.3 is 11.1 Å². The summed E-state index contributed by atoms with van der Waals surface area (Å²) >= 11 is 0. The quantitative estimate of drug-likeness (QED) is 0.884. The van der Waals surface area contributed by atoms with E-state index in [1.54, 1.807) is 0 Å². The zero-order chi connectivity index (χ0) is 15.5. The highest BCUT2D eigenvalue weighted by atomic mass is 32.2. The summed E-state index contributed by atoms with van der Waals surface area (Å²) in [7, 11) is -3.92. The van der Waals surface area contributed by atoms with Crippen LogP contribution in [-0.2, 0) is 14.6 Å². The van der Waals surface area contributed by atoms with Crippen molar-refractivity contribution in [3.8, 4) is 0 Å². The number of carbonyl (C=O) groups is 1. The SMILES string of the molecule is Nc1cnccc1S(=O)(=O)CC(=O)Nc1ccccc1F. The minimum Gasteiger partial charge on any atom is -0.396 e. The van der Waals surface area contributed by atoms with E-state index >= 15 is 0 Å². The number of anilines is 2. The molecule has 0 radical (unpaired) electrons. The van der Waals surface area contributed by atoms with Crippen molar-refractivity contribution in [2.75, 3.05) is 16.8 Å². The number of benzene rings is 1. The number of nitrogens with two attached hydrogens (primary N) is 1. The van der Waals surface area contributed by atoms with Gasteiger partial charge in [0, 0.05) is 6.20 Å². The average molecular weight is 309 g/mol. The van der Waals surface area contributed by atoms with E-state index in [1.165, 1.54) is 36.7 Å². The van der Waals surface area contributed by atoms with Gasteiger partial charge in [0.25, 0.3) is 0 Å². The van der Waals surface area contributed by atoms with Gasteiger partial charge in [0.2, 0.25) is 5.91 Å². The number of rotatable bonds is 4. The predicted molar refractivity (Wildman–Crippen MR) is 75.7 cm³/mol. The van der Waals surface area contributed by atoms with E-state index < -0.39 is 27.3 Å². The Bertz CT molecular complexity index is 778. The number of nitrogen functional groups attached to an aromatic ring is 1. The van der Waals surface area contributed by atoms with Gasteiger partial charge in [-0.3, -0.25) is 9.78 Å². The summed E-state index contributed by atoms with van der Waals surface area (Å²) in [6.45, 7) is 0. The molecular formula is C13H12FN3O3S. The van der Waals surface area contributed by atoms with E-state index in [0.717, 1.165) is 6.07 Å². The van der Waals surface area contributed by atoms with Crippen LogP contribution in [0, 0.1) is 5.82 Å². The molecule has 1 aromatic carbocycles. The molecule has 2 aromatic rings. The van der Waals surface area contributed by atoms with Crippen molar-refractivity contribution >= 4 is 27.1 Å². The molecular weight excluding hydrogens is 297 g/mol. The van der Waals surface area contributed by atoms with Gasteiger partial charge in [0.15, 0.2) is 9.84 Å². The number of hydrogen-bond acceptors (Lipinski definition) is 5. The summed E-state index contributed by atoms with van der Waals surface area (Å²) in [6, 6.07) is 6.68. The molecule has 0 spiro atoms. The molecule has 0 fully saturated rings. The van der Waals surface area contributed by atoms with Gasteiger partial charge in [0.1, 0.15) is 11.6 Å². The van der Waals surface area contributed by atoms with Gasteiger partial charge in [-0.05, 0) is 18.2 Å². The highest BCUT2D eigenvalue weighted by Gasteiger charge is 2.22. The summed E-state index contributed by atoms with van der Waals surface area (Å²) in [4.78, 5) is 15.2. The van der Waals surface area contributed by atoms with Crippen molar-refractivity contribution in [1.29, 1.82) is 0 Å². The first kappa shape index (κ1) is 14.9. The minimum atomic E-state index is -3.92. The van der Waals surface area contributed by atoms with Crippen molar-refractivity contribution in [2.45, 2.75) is 4.90 Å². The molecule has 0 aliphatic rings. The number of pyridine rings is 1. The van der Waals surface area contributed by atoms with E-state index in [-0.39, 0.29) is 16.3 Å². The topological polar surface area (TPSA) is 102 Å². The van der Waals surface area contributed by atoms with Crippen LogP contribution in [0.15, 0.2) is 47.6 Å². The van der Waals surface area contributed by atoms with Crippen molar-refractivity contribution in [1.82, 2.24) is 4.98 Å². The molecule has 0 unspecified atom stereocenters. The van der Waals surface area contributed by atoms with Crippen LogP contribution in [0.3, 0.4) is 0 Å². The van der Waals surface area contributed by atoms with Crippen LogP contribution in [0.25, 0.3) is 0 Å². The molecule has 1 aromatic heterocycles. The van der Waals surface area contributed by atoms with Crippen molar-refractivity contribution in [2.24, 2.45) is 0 Å². The molecule has 2 rings (SSSR count). The first-order valence-electron chi connectivity index (χ1n) is 5.87. The smallest absolute Gasteiger partial charge is 0.240 e. The molecule has 3 N–H and O–H groups in total. The lowest BCUT2D eigenvalue weighted by Gasteiger charge is -2.08.